The number of benzene rings is 1. The van der Waals surface area contributed by atoms with Crippen molar-refractivity contribution in [3.63, 3.8) is 0 Å². The second kappa shape index (κ2) is 5.71. The number of carbonyl (C=O) groups excluding carboxylic acids is 1. The molecule has 0 fully saturated rings. The summed E-state index contributed by atoms with van der Waals surface area (Å²) in [6.45, 7) is 4.20. The lowest BCUT2D eigenvalue weighted by atomic mass is 10.1. The first-order chi connectivity index (χ1) is 7.13. The smallest absolute Gasteiger partial charge is 0.330 e. The van der Waals surface area contributed by atoms with Crippen LogP contribution in [0.2, 0.25) is 0 Å². The van der Waals surface area contributed by atoms with Crippen LogP contribution >= 0.6 is 15.9 Å². The van der Waals surface area contributed by atoms with Crippen LogP contribution in [0.5, 0.6) is 0 Å². The molecule has 0 bridgehead atoms. The minimum absolute atomic E-state index is 0.315. The van der Waals surface area contributed by atoms with Crippen LogP contribution in [0.1, 0.15) is 18.1 Å². The van der Waals surface area contributed by atoms with Gasteiger partial charge in [0.2, 0.25) is 0 Å². The lowest BCUT2D eigenvalue weighted by Gasteiger charge is -2.00. The zero-order valence-electron chi connectivity index (χ0n) is 8.79. The number of ether oxygens (including phenoxy) is 1. The minimum Gasteiger partial charge on any atom is -0.463 e. The Morgan fingerprint density at radius 3 is 2.87 bits per heavy atom. The van der Waals surface area contributed by atoms with Crippen LogP contribution in [0.15, 0.2) is 28.7 Å². The summed E-state index contributed by atoms with van der Waals surface area (Å²) in [6.07, 6.45) is 3.17. The van der Waals surface area contributed by atoms with Gasteiger partial charge in [0.15, 0.2) is 0 Å². The van der Waals surface area contributed by atoms with Gasteiger partial charge in [-0.2, -0.15) is 0 Å². The molecule has 0 aliphatic carbocycles. The van der Waals surface area contributed by atoms with Crippen molar-refractivity contribution in [1.82, 2.24) is 0 Å². The Morgan fingerprint density at radius 2 is 2.27 bits per heavy atom. The molecule has 0 spiro atoms. The average Bonchev–Trinajstić information content (AvgIpc) is 2.17. The van der Waals surface area contributed by atoms with E-state index < -0.39 is 0 Å². The average molecular weight is 269 g/mol. The van der Waals surface area contributed by atoms with E-state index >= 15 is 0 Å². The molecule has 0 aliphatic heterocycles. The SMILES string of the molecule is CCOC(=O)/C=C/c1ccc(C)cc1Br. The lowest BCUT2D eigenvalue weighted by molar-refractivity contribution is -0.137. The van der Waals surface area contributed by atoms with Crippen molar-refractivity contribution in [2.75, 3.05) is 6.61 Å². The van der Waals surface area contributed by atoms with Gasteiger partial charge in [0.1, 0.15) is 0 Å². The van der Waals surface area contributed by atoms with E-state index in [4.69, 9.17) is 4.74 Å². The van der Waals surface area contributed by atoms with E-state index in [0.717, 1.165) is 10.0 Å². The van der Waals surface area contributed by atoms with Crippen molar-refractivity contribution in [1.29, 1.82) is 0 Å². The molecule has 0 aromatic heterocycles. The molecule has 3 heteroatoms. The van der Waals surface area contributed by atoms with Gasteiger partial charge < -0.3 is 4.74 Å². The summed E-state index contributed by atoms with van der Waals surface area (Å²) in [6, 6.07) is 5.95. The molecule has 15 heavy (non-hydrogen) atoms. The van der Waals surface area contributed by atoms with Gasteiger partial charge in [-0.05, 0) is 37.1 Å². The number of hydrogen-bond acceptors (Lipinski definition) is 2. The van der Waals surface area contributed by atoms with Crippen molar-refractivity contribution >= 4 is 28.0 Å². The molecule has 1 aromatic carbocycles. The summed E-state index contributed by atoms with van der Waals surface area (Å²) in [4.78, 5) is 11.1. The highest BCUT2D eigenvalue weighted by molar-refractivity contribution is 9.10. The van der Waals surface area contributed by atoms with E-state index in [9.17, 15) is 4.79 Å². The van der Waals surface area contributed by atoms with Crippen molar-refractivity contribution in [3.05, 3.63) is 39.9 Å². The van der Waals surface area contributed by atoms with Crippen molar-refractivity contribution < 1.29 is 9.53 Å². The molecule has 1 aromatic rings. The summed E-state index contributed by atoms with van der Waals surface area (Å²) in [5.41, 5.74) is 2.14. The largest absolute Gasteiger partial charge is 0.463 e. The zero-order valence-corrected chi connectivity index (χ0v) is 10.4. The van der Waals surface area contributed by atoms with E-state index in [2.05, 4.69) is 15.9 Å². The van der Waals surface area contributed by atoms with E-state index in [1.54, 1.807) is 13.0 Å². The number of hydrogen-bond donors (Lipinski definition) is 0. The number of halogens is 1. The van der Waals surface area contributed by atoms with Crippen LogP contribution in [0.3, 0.4) is 0 Å². The molecule has 0 amide bonds. The Balaban J connectivity index is 2.76. The molecule has 80 valence electrons. The van der Waals surface area contributed by atoms with Crippen LogP contribution in [0.4, 0.5) is 0 Å². The summed E-state index contributed by atoms with van der Waals surface area (Å²) in [7, 11) is 0. The van der Waals surface area contributed by atoms with Gasteiger partial charge in [0, 0.05) is 10.5 Å². The Bertz CT molecular complexity index is 383. The Morgan fingerprint density at radius 1 is 1.53 bits per heavy atom. The fraction of sp³-hybridized carbons (Fsp3) is 0.250. The second-order valence-corrected chi connectivity index (χ2v) is 3.96. The molecule has 0 saturated carbocycles. The maximum atomic E-state index is 11.1. The zero-order chi connectivity index (χ0) is 11.3. The van der Waals surface area contributed by atoms with Crippen molar-refractivity contribution in [3.8, 4) is 0 Å². The van der Waals surface area contributed by atoms with Crippen molar-refractivity contribution in [2.24, 2.45) is 0 Å². The van der Waals surface area contributed by atoms with E-state index in [-0.39, 0.29) is 5.97 Å². The highest BCUT2D eigenvalue weighted by Crippen LogP contribution is 2.19. The summed E-state index contributed by atoms with van der Waals surface area (Å²) >= 11 is 3.43. The monoisotopic (exact) mass is 268 g/mol. The molecular formula is C12H13BrO2. The summed E-state index contributed by atoms with van der Waals surface area (Å²) in [5, 5.41) is 0. The Kier molecular flexibility index (Phi) is 4.56. The number of carbonyl (C=O) groups is 1. The topological polar surface area (TPSA) is 26.3 Å². The highest BCUT2D eigenvalue weighted by Gasteiger charge is 1.98. The first-order valence-corrected chi connectivity index (χ1v) is 5.53. The third-order valence-electron chi connectivity index (χ3n) is 1.84. The molecule has 0 unspecified atom stereocenters. The first-order valence-electron chi connectivity index (χ1n) is 4.74. The van der Waals surface area contributed by atoms with Gasteiger partial charge in [0.25, 0.3) is 0 Å². The van der Waals surface area contributed by atoms with Gasteiger partial charge in [-0.3, -0.25) is 0 Å². The predicted octanol–water partition coefficient (Wildman–Crippen LogP) is 3.33. The normalized spacial score (nSPS) is 10.6. The van der Waals surface area contributed by atoms with Gasteiger partial charge in [-0.25, -0.2) is 4.79 Å². The summed E-state index contributed by atoms with van der Waals surface area (Å²) < 4.78 is 5.76. The molecule has 0 saturated heterocycles. The molecule has 0 heterocycles. The van der Waals surface area contributed by atoms with Gasteiger partial charge >= 0.3 is 5.97 Å². The quantitative estimate of drug-likeness (QED) is 0.621. The third kappa shape index (κ3) is 3.88. The number of esters is 1. The Labute approximate surface area is 98.1 Å². The highest BCUT2D eigenvalue weighted by atomic mass is 79.9. The van der Waals surface area contributed by atoms with Crippen LogP contribution < -0.4 is 0 Å². The van der Waals surface area contributed by atoms with Gasteiger partial charge in [-0.1, -0.05) is 28.1 Å². The van der Waals surface area contributed by atoms with Crippen LogP contribution in [-0.2, 0) is 9.53 Å². The fourth-order valence-electron chi connectivity index (χ4n) is 1.12. The lowest BCUT2D eigenvalue weighted by Crippen LogP contribution is -1.98. The van der Waals surface area contributed by atoms with E-state index in [1.807, 2.05) is 25.1 Å². The summed E-state index contributed by atoms with van der Waals surface area (Å²) in [5.74, 6) is -0.315. The maximum absolute atomic E-state index is 11.1. The van der Waals surface area contributed by atoms with E-state index in [1.165, 1.54) is 11.6 Å². The predicted molar refractivity (Wildman–Crippen MR) is 64.5 cm³/mol. The molecule has 0 aliphatic rings. The molecular weight excluding hydrogens is 256 g/mol. The molecule has 0 radical (unpaired) electrons. The first kappa shape index (κ1) is 12.0. The van der Waals surface area contributed by atoms with Crippen molar-refractivity contribution in [2.45, 2.75) is 13.8 Å². The fourth-order valence-corrected chi connectivity index (χ4v) is 1.74. The van der Waals surface area contributed by atoms with Crippen LogP contribution in [0, 0.1) is 6.92 Å². The molecule has 2 nitrogen and oxygen atoms in total. The van der Waals surface area contributed by atoms with E-state index in [0.29, 0.717) is 6.61 Å². The third-order valence-corrected chi connectivity index (χ3v) is 2.53. The van der Waals surface area contributed by atoms with Crippen LogP contribution in [-0.4, -0.2) is 12.6 Å². The Hall–Kier alpha value is -1.09. The van der Waals surface area contributed by atoms with Gasteiger partial charge in [-0.15, -0.1) is 0 Å². The molecule has 0 N–H and O–H groups in total. The maximum Gasteiger partial charge on any atom is 0.330 e. The second-order valence-electron chi connectivity index (χ2n) is 3.11. The standard InChI is InChI=1S/C12H13BrO2/c1-3-15-12(14)7-6-10-5-4-9(2)8-11(10)13/h4-8H,3H2,1-2H3/b7-6+. The molecule has 1 rings (SSSR count). The van der Waals surface area contributed by atoms with Gasteiger partial charge in [0.05, 0.1) is 6.61 Å². The number of rotatable bonds is 3. The molecule has 0 atom stereocenters. The minimum atomic E-state index is -0.315. The number of aryl methyl sites for hydroxylation is 1. The van der Waals surface area contributed by atoms with Crippen LogP contribution in [0.25, 0.3) is 6.08 Å².